The van der Waals surface area contributed by atoms with Crippen LogP contribution in [-0.4, -0.2) is 34.7 Å². The number of hydrogen-bond donors (Lipinski definition) is 5. The van der Waals surface area contributed by atoms with Gasteiger partial charge in [-0.15, -0.1) is 0 Å². The molecule has 7 nitrogen and oxygen atoms in total. The SMILES string of the molecule is Oc1c(O)c(O)c(-n2c3ccccc3c3c4c5ccccc5n(-c5ccc(-c6ccccc6)cc5)c4ccc32)c(O)c1O. The third kappa shape index (κ3) is 3.36. The molecule has 0 saturated carbocycles. The first-order valence-corrected chi connectivity index (χ1v) is 13.8. The Kier molecular flexibility index (Phi) is 5.15. The lowest BCUT2D eigenvalue weighted by Gasteiger charge is -2.15. The minimum absolute atomic E-state index is 0.237. The molecule has 6 aromatic carbocycles. The second-order valence-corrected chi connectivity index (χ2v) is 10.6. The van der Waals surface area contributed by atoms with Crippen molar-refractivity contribution in [3.05, 3.63) is 115 Å². The average molecular weight is 565 g/mol. The topological polar surface area (TPSA) is 111 Å². The molecule has 2 heterocycles. The zero-order chi connectivity index (χ0) is 29.4. The Bertz CT molecular complexity index is 2360. The van der Waals surface area contributed by atoms with Crippen LogP contribution in [0.5, 0.6) is 28.7 Å². The summed E-state index contributed by atoms with van der Waals surface area (Å²) in [6, 6.07) is 38.3. The lowest BCUT2D eigenvalue weighted by atomic mass is 10.1. The Hall–Kier alpha value is -6.08. The third-order valence-electron chi connectivity index (χ3n) is 8.27. The molecule has 0 spiro atoms. The number of nitrogens with zero attached hydrogens (tertiary/aromatic N) is 2. The Morgan fingerprint density at radius 2 is 0.791 bits per heavy atom. The summed E-state index contributed by atoms with van der Waals surface area (Å²) in [5.41, 5.74) is 6.26. The zero-order valence-corrected chi connectivity index (χ0v) is 22.6. The van der Waals surface area contributed by atoms with Gasteiger partial charge in [0.15, 0.2) is 11.5 Å². The van der Waals surface area contributed by atoms with Crippen LogP contribution in [0.2, 0.25) is 0 Å². The van der Waals surface area contributed by atoms with Crippen molar-refractivity contribution in [2.24, 2.45) is 0 Å². The number of aromatic hydroxyl groups is 5. The minimum atomic E-state index is -0.997. The molecular formula is C36H24N2O5. The fourth-order valence-corrected chi connectivity index (χ4v) is 6.36. The Morgan fingerprint density at radius 1 is 0.349 bits per heavy atom. The maximum Gasteiger partial charge on any atom is 0.208 e. The monoisotopic (exact) mass is 564 g/mol. The molecule has 0 saturated heterocycles. The summed E-state index contributed by atoms with van der Waals surface area (Å²) < 4.78 is 3.81. The van der Waals surface area contributed by atoms with E-state index in [-0.39, 0.29) is 5.69 Å². The van der Waals surface area contributed by atoms with Crippen LogP contribution in [0.3, 0.4) is 0 Å². The van der Waals surface area contributed by atoms with Gasteiger partial charge >= 0.3 is 0 Å². The maximum atomic E-state index is 10.9. The van der Waals surface area contributed by atoms with E-state index in [1.165, 1.54) is 0 Å². The Labute approximate surface area is 244 Å². The number of rotatable bonds is 3. The van der Waals surface area contributed by atoms with Gasteiger partial charge in [0.25, 0.3) is 0 Å². The summed E-state index contributed by atoms with van der Waals surface area (Å²) in [5, 5.41) is 56.3. The van der Waals surface area contributed by atoms with Crippen molar-refractivity contribution < 1.29 is 25.5 Å². The van der Waals surface area contributed by atoms with Crippen molar-refractivity contribution in [3.8, 4) is 51.2 Å². The van der Waals surface area contributed by atoms with Gasteiger partial charge in [-0.2, -0.15) is 0 Å². The van der Waals surface area contributed by atoms with E-state index in [1.54, 1.807) is 4.57 Å². The summed E-state index contributed by atoms with van der Waals surface area (Å²) in [6.45, 7) is 0. The van der Waals surface area contributed by atoms with E-state index >= 15 is 0 Å². The Morgan fingerprint density at radius 3 is 1.37 bits per heavy atom. The number of benzene rings is 6. The third-order valence-corrected chi connectivity index (χ3v) is 8.27. The molecule has 0 unspecified atom stereocenters. The molecule has 5 N–H and O–H groups in total. The first-order valence-electron chi connectivity index (χ1n) is 13.8. The van der Waals surface area contributed by atoms with Gasteiger partial charge in [-0.25, -0.2) is 0 Å². The normalized spacial score (nSPS) is 11.7. The molecule has 8 rings (SSSR count). The van der Waals surface area contributed by atoms with Gasteiger partial charge in [0.1, 0.15) is 5.69 Å². The van der Waals surface area contributed by atoms with E-state index in [4.69, 9.17) is 0 Å². The van der Waals surface area contributed by atoms with Crippen molar-refractivity contribution in [3.63, 3.8) is 0 Å². The molecule has 0 radical (unpaired) electrons. The first-order chi connectivity index (χ1) is 21.0. The van der Waals surface area contributed by atoms with Crippen molar-refractivity contribution in [1.82, 2.24) is 9.13 Å². The predicted octanol–water partition coefficient (Wildman–Crippen LogP) is 8.08. The number of phenolic OH excluding ortho intramolecular Hbond substituents is 5. The molecule has 0 bridgehead atoms. The van der Waals surface area contributed by atoms with E-state index in [9.17, 15) is 25.5 Å². The highest BCUT2D eigenvalue weighted by Gasteiger charge is 2.28. The molecule has 0 fully saturated rings. The summed E-state index contributed by atoms with van der Waals surface area (Å²) in [4.78, 5) is 0. The lowest BCUT2D eigenvalue weighted by Crippen LogP contribution is -1.97. The second kappa shape index (κ2) is 8.96. The van der Waals surface area contributed by atoms with E-state index in [1.807, 2.05) is 66.7 Å². The first kappa shape index (κ1) is 24.7. The average Bonchev–Trinajstić information content (AvgIpc) is 3.56. The zero-order valence-electron chi connectivity index (χ0n) is 22.6. The molecule has 208 valence electrons. The smallest absolute Gasteiger partial charge is 0.208 e. The number of hydrogen-bond acceptors (Lipinski definition) is 5. The molecule has 7 heteroatoms. The highest BCUT2D eigenvalue weighted by atomic mass is 16.4. The molecule has 0 aliphatic rings. The van der Waals surface area contributed by atoms with Crippen LogP contribution in [0.15, 0.2) is 115 Å². The second-order valence-electron chi connectivity index (χ2n) is 10.6. The number of para-hydroxylation sites is 2. The van der Waals surface area contributed by atoms with Gasteiger partial charge in [-0.05, 0) is 47.5 Å². The molecule has 43 heavy (non-hydrogen) atoms. The van der Waals surface area contributed by atoms with Crippen molar-refractivity contribution >= 4 is 43.6 Å². The highest BCUT2D eigenvalue weighted by molar-refractivity contribution is 6.29. The minimum Gasteiger partial charge on any atom is -0.503 e. The molecule has 0 amide bonds. The quantitative estimate of drug-likeness (QED) is 0.110. The van der Waals surface area contributed by atoms with Gasteiger partial charge in [0, 0.05) is 27.2 Å². The van der Waals surface area contributed by atoms with Crippen LogP contribution in [0.1, 0.15) is 0 Å². The molecule has 0 aliphatic carbocycles. The standard InChI is InChI=1S/C36H24N2O5/c39-32-31(33(40)35(42)36(43)34(32)41)38-26-13-7-5-11-24(26)30-28(38)19-18-27-29(30)23-10-4-6-12-25(23)37(27)22-16-14-21(15-17-22)20-8-2-1-3-9-20/h1-19,39-43H. The van der Waals surface area contributed by atoms with Crippen molar-refractivity contribution in [2.45, 2.75) is 0 Å². The summed E-state index contributed by atoms with van der Waals surface area (Å²) >= 11 is 0. The van der Waals surface area contributed by atoms with Gasteiger partial charge in [0.2, 0.25) is 17.2 Å². The van der Waals surface area contributed by atoms with Crippen LogP contribution < -0.4 is 0 Å². The van der Waals surface area contributed by atoms with E-state index < -0.39 is 28.7 Å². The van der Waals surface area contributed by atoms with Gasteiger partial charge in [0.05, 0.1) is 22.1 Å². The lowest BCUT2D eigenvalue weighted by molar-refractivity contribution is 0.327. The van der Waals surface area contributed by atoms with Gasteiger partial charge < -0.3 is 34.7 Å². The molecular weight excluding hydrogens is 540 g/mol. The van der Waals surface area contributed by atoms with E-state index in [0.29, 0.717) is 11.0 Å². The number of fused-ring (bicyclic) bond motifs is 7. The number of aromatic nitrogens is 2. The Balaban J connectivity index is 1.48. The fraction of sp³-hybridized carbons (Fsp3) is 0. The summed E-state index contributed by atoms with van der Waals surface area (Å²) in [5.74, 6) is -4.35. The van der Waals surface area contributed by atoms with Crippen LogP contribution in [-0.2, 0) is 0 Å². The van der Waals surface area contributed by atoms with Crippen LogP contribution >= 0.6 is 0 Å². The highest BCUT2D eigenvalue weighted by Crippen LogP contribution is 2.54. The number of phenols is 5. The predicted molar refractivity (Wildman–Crippen MR) is 169 cm³/mol. The maximum absolute atomic E-state index is 10.9. The van der Waals surface area contributed by atoms with Crippen LogP contribution in [0.25, 0.3) is 66.1 Å². The molecule has 0 atom stereocenters. The van der Waals surface area contributed by atoms with Crippen molar-refractivity contribution in [2.75, 3.05) is 0 Å². The molecule has 2 aromatic heterocycles. The summed E-state index contributed by atoms with van der Waals surface area (Å²) in [7, 11) is 0. The van der Waals surface area contributed by atoms with Crippen LogP contribution in [0, 0.1) is 0 Å². The van der Waals surface area contributed by atoms with E-state index in [2.05, 4.69) is 53.1 Å². The fourth-order valence-electron chi connectivity index (χ4n) is 6.36. The van der Waals surface area contributed by atoms with E-state index in [0.717, 1.165) is 49.4 Å². The van der Waals surface area contributed by atoms with Gasteiger partial charge in [-0.1, -0.05) is 78.9 Å². The molecule has 8 aromatic rings. The largest absolute Gasteiger partial charge is 0.503 e. The van der Waals surface area contributed by atoms with Crippen LogP contribution in [0.4, 0.5) is 0 Å². The molecule has 0 aliphatic heterocycles. The van der Waals surface area contributed by atoms with Gasteiger partial charge in [-0.3, -0.25) is 0 Å². The summed E-state index contributed by atoms with van der Waals surface area (Å²) in [6.07, 6.45) is 0. The van der Waals surface area contributed by atoms with Crippen molar-refractivity contribution in [1.29, 1.82) is 0 Å².